The second-order valence-corrected chi connectivity index (χ2v) is 5.68. The Morgan fingerprint density at radius 3 is 2.58 bits per heavy atom. The maximum absolute atomic E-state index is 12.6. The van der Waals surface area contributed by atoms with Crippen molar-refractivity contribution in [2.45, 2.75) is 0 Å². The van der Waals surface area contributed by atoms with Crippen LogP contribution in [0.5, 0.6) is 5.75 Å². The zero-order valence-electron chi connectivity index (χ0n) is 12.5. The number of carbonyl (C=O) groups excluding carboxylic acids is 2. The number of ether oxygens (including phenoxy) is 1. The number of halogens is 1. The number of rotatable bonds is 3. The van der Waals surface area contributed by atoms with Crippen molar-refractivity contribution in [3.8, 4) is 5.75 Å². The Balaban J connectivity index is 2.04. The zero-order valence-corrected chi connectivity index (χ0v) is 13.3. The van der Waals surface area contributed by atoms with Gasteiger partial charge >= 0.3 is 0 Å². The molecule has 0 aliphatic carbocycles. The van der Waals surface area contributed by atoms with E-state index in [-0.39, 0.29) is 12.3 Å². The van der Waals surface area contributed by atoms with Gasteiger partial charge in [0.15, 0.2) is 11.5 Å². The summed E-state index contributed by atoms with van der Waals surface area (Å²) in [6.45, 7) is -0.253. The number of hydrogen-bond acceptors (Lipinski definition) is 4. The summed E-state index contributed by atoms with van der Waals surface area (Å²) < 4.78 is 5.68. The maximum Gasteiger partial charge on any atom is 0.294 e. The van der Waals surface area contributed by atoms with Crippen molar-refractivity contribution in [1.82, 2.24) is 0 Å². The van der Waals surface area contributed by atoms with Crippen LogP contribution in [0.3, 0.4) is 0 Å². The number of nitrogen functional groups attached to an aromatic ring is 1. The molecule has 0 saturated heterocycles. The van der Waals surface area contributed by atoms with E-state index in [0.717, 1.165) is 5.56 Å². The van der Waals surface area contributed by atoms with Crippen LogP contribution in [0, 0.1) is 0 Å². The molecule has 2 aromatic carbocycles. The van der Waals surface area contributed by atoms with Crippen LogP contribution in [0.15, 0.2) is 48.2 Å². The van der Waals surface area contributed by atoms with Gasteiger partial charge in [0.1, 0.15) is 6.54 Å². The van der Waals surface area contributed by atoms with Crippen LogP contribution >= 0.6 is 11.6 Å². The fourth-order valence-corrected chi connectivity index (χ4v) is 2.48. The molecule has 2 aromatic rings. The molecule has 122 valence electrons. The first-order chi connectivity index (χ1) is 11.4. The maximum atomic E-state index is 12.6. The molecule has 1 aliphatic rings. The van der Waals surface area contributed by atoms with Crippen LogP contribution in [0.1, 0.15) is 5.56 Å². The summed E-state index contributed by atoms with van der Waals surface area (Å²) in [6.07, 6.45) is 1.57. The number of amides is 2. The normalized spacial score (nSPS) is 15.1. The summed E-state index contributed by atoms with van der Waals surface area (Å²) in [5, 5.41) is 0.585. The second kappa shape index (κ2) is 6.25. The van der Waals surface area contributed by atoms with E-state index in [1.807, 2.05) is 0 Å². The lowest BCUT2D eigenvalue weighted by Crippen LogP contribution is -2.42. The molecule has 6 nitrogen and oxygen atoms in total. The second-order valence-electron chi connectivity index (χ2n) is 5.25. The summed E-state index contributed by atoms with van der Waals surface area (Å²) >= 11 is 5.86. The first-order valence-electron chi connectivity index (χ1n) is 7.09. The van der Waals surface area contributed by atoms with Crippen molar-refractivity contribution in [2.75, 3.05) is 17.2 Å². The molecule has 0 unspecified atom stereocenters. The minimum absolute atomic E-state index is 0.0664. The highest BCUT2D eigenvalue weighted by atomic mass is 35.5. The van der Waals surface area contributed by atoms with E-state index in [0.29, 0.717) is 22.1 Å². The van der Waals surface area contributed by atoms with Gasteiger partial charge in [-0.3, -0.25) is 14.5 Å². The van der Waals surface area contributed by atoms with Crippen LogP contribution in [-0.4, -0.2) is 18.4 Å². The van der Waals surface area contributed by atoms with Crippen molar-refractivity contribution < 1.29 is 14.3 Å². The van der Waals surface area contributed by atoms with Crippen molar-refractivity contribution in [3.05, 3.63) is 58.8 Å². The zero-order chi connectivity index (χ0) is 17.3. The van der Waals surface area contributed by atoms with E-state index in [4.69, 9.17) is 27.8 Å². The number of benzene rings is 2. The number of primary amides is 1. The molecule has 1 heterocycles. The highest BCUT2D eigenvalue weighted by molar-refractivity contribution is 6.30. The lowest BCUT2D eigenvalue weighted by atomic mass is 10.1. The van der Waals surface area contributed by atoms with Gasteiger partial charge in [0.05, 0.1) is 5.69 Å². The van der Waals surface area contributed by atoms with E-state index in [1.54, 1.807) is 48.5 Å². The Kier molecular flexibility index (Phi) is 4.14. The van der Waals surface area contributed by atoms with Crippen molar-refractivity contribution in [2.24, 2.45) is 5.73 Å². The minimum atomic E-state index is -0.626. The first kappa shape index (κ1) is 15.9. The molecular formula is C17H14ClN3O3. The quantitative estimate of drug-likeness (QED) is 0.659. The molecule has 2 amide bonds. The van der Waals surface area contributed by atoms with E-state index in [9.17, 15) is 9.59 Å². The molecule has 0 atom stereocenters. The van der Waals surface area contributed by atoms with Crippen molar-refractivity contribution in [3.63, 3.8) is 0 Å². The number of nitrogens with two attached hydrogens (primary N) is 2. The van der Waals surface area contributed by atoms with E-state index in [1.165, 1.54) is 4.90 Å². The SMILES string of the molecule is NC(=O)CN1C(=O)/C(=C\c2ccc(Cl)cc2)Oc2cc(N)ccc21. The smallest absolute Gasteiger partial charge is 0.294 e. The molecule has 0 radical (unpaired) electrons. The third kappa shape index (κ3) is 3.18. The third-order valence-electron chi connectivity index (χ3n) is 3.43. The van der Waals surface area contributed by atoms with Gasteiger partial charge in [-0.2, -0.15) is 0 Å². The molecule has 1 aliphatic heterocycles. The predicted molar refractivity (Wildman–Crippen MR) is 92.5 cm³/mol. The predicted octanol–water partition coefficient (Wildman–Crippen LogP) is 2.17. The fourth-order valence-electron chi connectivity index (χ4n) is 2.35. The van der Waals surface area contributed by atoms with E-state index < -0.39 is 11.8 Å². The van der Waals surface area contributed by atoms with E-state index in [2.05, 4.69) is 0 Å². The van der Waals surface area contributed by atoms with Gasteiger partial charge in [0.2, 0.25) is 5.91 Å². The van der Waals surface area contributed by atoms with Gasteiger partial charge in [0.25, 0.3) is 5.91 Å². The van der Waals surface area contributed by atoms with Gasteiger partial charge in [-0.25, -0.2) is 0 Å². The molecule has 24 heavy (non-hydrogen) atoms. The molecule has 0 spiro atoms. The Labute approximate surface area is 143 Å². The minimum Gasteiger partial charge on any atom is -0.449 e. The van der Waals surface area contributed by atoms with Gasteiger partial charge in [-0.1, -0.05) is 23.7 Å². The summed E-state index contributed by atoms with van der Waals surface area (Å²) in [5.74, 6) is -0.632. The standard InChI is InChI=1S/C17H14ClN3O3/c18-11-3-1-10(2-4-11)7-15-17(23)21(9-16(20)22)13-6-5-12(19)8-14(13)24-15/h1-8H,9,19H2,(H2,20,22)/b15-7+. The lowest BCUT2D eigenvalue weighted by Gasteiger charge is -2.29. The summed E-state index contributed by atoms with van der Waals surface area (Å²) in [4.78, 5) is 25.2. The number of nitrogens with zero attached hydrogens (tertiary/aromatic N) is 1. The van der Waals surface area contributed by atoms with Crippen LogP contribution in [0.4, 0.5) is 11.4 Å². The van der Waals surface area contributed by atoms with Gasteiger partial charge < -0.3 is 16.2 Å². The molecule has 0 bridgehead atoms. The number of carbonyl (C=O) groups is 2. The third-order valence-corrected chi connectivity index (χ3v) is 3.68. The molecule has 0 aromatic heterocycles. The Morgan fingerprint density at radius 1 is 1.21 bits per heavy atom. The average molecular weight is 344 g/mol. The van der Waals surface area contributed by atoms with Crippen molar-refractivity contribution >= 4 is 40.9 Å². The molecule has 0 saturated carbocycles. The summed E-state index contributed by atoms with van der Waals surface area (Å²) in [5.41, 5.74) is 12.7. The average Bonchev–Trinajstić information content (AvgIpc) is 2.53. The van der Waals surface area contributed by atoms with Crippen LogP contribution in [-0.2, 0) is 9.59 Å². The number of hydrogen-bond donors (Lipinski definition) is 2. The summed E-state index contributed by atoms with van der Waals surface area (Å²) in [6, 6.07) is 11.7. The Bertz CT molecular complexity index is 847. The number of anilines is 2. The Hall–Kier alpha value is -2.99. The van der Waals surface area contributed by atoms with Crippen LogP contribution < -0.4 is 21.1 Å². The van der Waals surface area contributed by atoms with Gasteiger partial charge in [0, 0.05) is 16.8 Å². The lowest BCUT2D eigenvalue weighted by molar-refractivity contribution is -0.121. The molecule has 7 heteroatoms. The van der Waals surface area contributed by atoms with Gasteiger partial charge in [-0.05, 0) is 35.9 Å². The fraction of sp³-hybridized carbons (Fsp3) is 0.0588. The van der Waals surface area contributed by atoms with Gasteiger partial charge in [-0.15, -0.1) is 0 Å². The number of fused-ring (bicyclic) bond motifs is 1. The van der Waals surface area contributed by atoms with Crippen molar-refractivity contribution in [1.29, 1.82) is 0 Å². The molecule has 0 fully saturated rings. The Morgan fingerprint density at radius 2 is 1.92 bits per heavy atom. The first-order valence-corrected chi connectivity index (χ1v) is 7.46. The highest BCUT2D eigenvalue weighted by Crippen LogP contribution is 2.37. The molecular weight excluding hydrogens is 330 g/mol. The molecule has 3 rings (SSSR count). The monoisotopic (exact) mass is 343 g/mol. The largest absolute Gasteiger partial charge is 0.449 e. The highest BCUT2D eigenvalue weighted by Gasteiger charge is 2.31. The molecule has 4 N–H and O–H groups in total. The van der Waals surface area contributed by atoms with Crippen LogP contribution in [0.25, 0.3) is 6.08 Å². The van der Waals surface area contributed by atoms with E-state index >= 15 is 0 Å². The topological polar surface area (TPSA) is 98.7 Å². The summed E-state index contributed by atoms with van der Waals surface area (Å²) in [7, 11) is 0. The van der Waals surface area contributed by atoms with Crippen LogP contribution in [0.2, 0.25) is 5.02 Å².